The number of oxime groups is 1. The second-order valence-electron chi connectivity index (χ2n) is 19.6. The van der Waals surface area contributed by atoms with Crippen LogP contribution in [0.15, 0.2) is 71.9 Å². The largest absolute Gasteiger partial charge is 0.459 e. The van der Waals surface area contributed by atoms with Crippen molar-refractivity contribution in [3.8, 4) is 17.2 Å². The molecule has 5 rings (SSSR count). The molecule has 6 atom stereocenters. The standard InChI is InChI=1S/C55H82N2O11/c1-6-8-9-10-11-12-13-14-15-20-33-64-53(62)57(28-34-63-35-31-60)50-39-48(56-68-54(3,4)5)46-37-42(23-16-18-29-58)45(25-17-19-30-59)51-47-38-44(66-43-24-21-22-41(36-43)40-61)26-27-49(47)67-55(50,52(46)51)65-32-7-2/h7,21-22,24,26-27,36-38,40,42,45,50-52,58-60H,2,6,8-20,23,25,28-35,39H2,1,3-5H3. The molecule has 2 aromatic carbocycles. The molecule has 68 heavy (non-hydrogen) atoms. The summed E-state index contributed by atoms with van der Waals surface area (Å²) in [4.78, 5) is 34.4. The van der Waals surface area contributed by atoms with Crippen molar-refractivity contribution in [3.63, 3.8) is 0 Å². The van der Waals surface area contributed by atoms with Crippen LogP contribution in [0, 0.1) is 17.8 Å². The maximum atomic E-state index is 14.8. The van der Waals surface area contributed by atoms with Crippen LogP contribution in [0.5, 0.6) is 17.2 Å². The van der Waals surface area contributed by atoms with Crippen LogP contribution in [0.25, 0.3) is 0 Å². The van der Waals surface area contributed by atoms with Gasteiger partial charge in [-0.25, -0.2) is 4.79 Å². The number of carbonyl (C=O) groups excluding carboxylic acids is 2. The van der Waals surface area contributed by atoms with E-state index in [4.69, 9.17) is 33.7 Å². The topological polar surface area (TPSA) is 166 Å². The van der Waals surface area contributed by atoms with E-state index in [1.54, 1.807) is 29.2 Å². The maximum absolute atomic E-state index is 14.8. The van der Waals surface area contributed by atoms with E-state index in [0.717, 1.165) is 62.4 Å². The third-order valence-corrected chi connectivity index (χ3v) is 13.4. The van der Waals surface area contributed by atoms with Gasteiger partial charge in [-0.05, 0) is 101 Å². The molecule has 0 radical (unpaired) electrons. The Hall–Kier alpha value is -4.27. The minimum absolute atomic E-state index is 0.00477. The molecule has 0 aromatic heterocycles. The van der Waals surface area contributed by atoms with Crippen molar-refractivity contribution < 1.29 is 53.4 Å². The Labute approximate surface area is 406 Å². The number of ether oxygens (including phenoxy) is 5. The summed E-state index contributed by atoms with van der Waals surface area (Å²) < 4.78 is 32.9. The number of unbranched alkanes of at least 4 members (excludes halogenated alkanes) is 11. The van der Waals surface area contributed by atoms with Crippen molar-refractivity contribution in [2.24, 2.45) is 22.9 Å². The van der Waals surface area contributed by atoms with Crippen LogP contribution >= 0.6 is 0 Å². The van der Waals surface area contributed by atoms with Crippen molar-refractivity contribution in [2.45, 2.75) is 160 Å². The van der Waals surface area contributed by atoms with Gasteiger partial charge in [0, 0.05) is 43.2 Å². The number of allylic oxidation sites excluding steroid dienone is 1. The first-order valence-corrected chi connectivity index (χ1v) is 25.7. The molecular formula is C55H82N2O11. The molecule has 6 unspecified atom stereocenters. The number of carbonyl (C=O) groups is 2. The van der Waals surface area contributed by atoms with Crippen molar-refractivity contribution >= 4 is 18.1 Å². The van der Waals surface area contributed by atoms with Gasteiger partial charge >= 0.3 is 6.09 Å². The smallest absolute Gasteiger partial charge is 0.410 e. The number of benzene rings is 2. The van der Waals surface area contributed by atoms with Crippen molar-refractivity contribution in [1.29, 1.82) is 0 Å². The van der Waals surface area contributed by atoms with Gasteiger partial charge in [-0.1, -0.05) is 107 Å². The third kappa shape index (κ3) is 15.4. The van der Waals surface area contributed by atoms with Crippen LogP contribution in [-0.4, -0.2) is 109 Å². The van der Waals surface area contributed by atoms with E-state index in [2.05, 4.69) is 19.6 Å². The molecule has 2 aromatic rings. The summed E-state index contributed by atoms with van der Waals surface area (Å²) in [5.41, 5.74) is 2.36. The minimum Gasteiger partial charge on any atom is -0.459 e. The highest BCUT2D eigenvalue weighted by Crippen LogP contribution is 2.62. The number of amides is 1. The highest BCUT2D eigenvalue weighted by molar-refractivity contribution is 6.03. The molecule has 0 spiro atoms. The lowest BCUT2D eigenvalue weighted by Crippen LogP contribution is -2.70. The Bertz CT molecular complexity index is 1910. The summed E-state index contributed by atoms with van der Waals surface area (Å²) in [6.45, 7) is 12.8. The van der Waals surface area contributed by atoms with E-state index < -0.39 is 29.4 Å². The first kappa shape index (κ1) is 54.7. The summed E-state index contributed by atoms with van der Waals surface area (Å²) in [6.07, 6.45) is 20.5. The molecule has 1 fully saturated rings. The van der Waals surface area contributed by atoms with Crippen molar-refractivity contribution in [1.82, 2.24) is 4.90 Å². The van der Waals surface area contributed by atoms with Gasteiger partial charge in [0.1, 0.15) is 35.2 Å². The third-order valence-electron chi connectivity index (χ3n) is 13.4. The molecule has 1 heterocycles. The first-order chi connectivity index (χ1) is 33.0. The molecule has 0 saturated heterocycles. The van der Waals surface area contributed by atoms with Crippen LogP contribution in [-0.2, 0) is 19.0 Å². The van der Waals surface area contributed by atoms with E-state index in [-0.39, 0.29) is 77.0 Å². The number of hydrogen-bond donors (Lipinski definition) is 3. The Balaban J connectivity index is 1.63. The van der Waals surface area contributed by atoms with Gasteiger partial charge in [0.05, 0.1) is 44.7 Å². The van der Waals surface area contributed by atoms with Gasteiger partial charge in [0.25, 0.3) is 0 Å². The van der Waals surface area contributed by atoms with Crippen LogP contribution in [0.1, 0.15) is 159 Å². The summed E-state index contributed by atoms with van der Waals surface area (Å²) in [5, 5.41) is 34.6. The molecule has 1 saturated carbocycles. The SMILES string of the molecule is C=CCOC12Oc3ccc(Oc4cccc(C=O)c4)cc3C3C(CCCCO)C(CCCCO)C=C(C(=NOC(C)(C)C)CC1N(CCOCCO)C(=O)OCCCCCCCCCCCC)C32. The quantitative estimate of drug-likeness (QED) is 0.0277. The van der Waals surface area contributed by atoms with Gasteiger partial charge in [-0.2, -0.15) is 0 Å². The second-order valence-corrected chi connectivity index (χ2v) is 19.6. The molecule has 2 aliphatic carbocycles. The van der Waals surface area contributed by atoms with Gasteiger partial charge in [0.15, 0.2) is 0 Å². The Morgan fingerprint density at radius 3 is 2.25 bits per heavy atom. The number of fused-ring (bicyclic) bond motifs is 2. The molecule has 13 nitrogen and oxygen atoms in total. The van der Waals surface area contributed by atoms with E-state index in [0.29, 0.717) is 41.4 Å². The molecular weight excluding hydrogens is 865 g/mol. The molecule has 1 amide bonds. The molecule has 378 valence electrons. The monoisotopic (exact) mass is 947 g/mol. The van der Waals surface area contributed by atoms with Crippen LogP contribution in [0.3, 0.4) is 0 Å². The summed E-state index contributed by atoms with van der Waals surface area (Å²) in [6, 6.07) is 12.0. The zero-order valence-corrected chi connectivity index (χ0v) is 41.5. The minimum atomic E-state index is -1.49. The van der Waals surface area contributed by atoms with Gasteiger partial charge in [-0.15, -0.1) is 6.58 Å². The van der Waals surface area contributed by atoms with E-state index in [1.165, 1.54) is 44.9 Å². The van der Waals surface area contributed by atoms with Crippen molar-refractivity contribution in [3.05, 3.63) is 77.9 Å². The summed E-state index contributed by atoms with van der Waals surface area (Å²) in [7, 11) is 0. The number of rotatable bonds is 32. The number of nitrogens with zero attached hydrogens (tertiary/aromatic N) is 2. The van der Waals surface area contributed by atoms with Gasteiger partial charge in [0.2, 0.25) is 5.79 Å². The number of hydrogen-bond acceptors (Lipinski definition) is 12. The lowest BCUT2D eigenvalue weighted by Gasteiger charge is -2.60. The predicted octanol–water partition coefficient (Wildman–Crippen LogP) is 11.1. The highest BCUT2D eigenvalue weighted by atomic mass is 16.7. The maximum Gasteiger partial charge on any atom is 0.410 e. The Morgan fingerprint density at radius 1 is 0.868 bits per heavy atom. The van der Waals surface area contributed by atoms with Gasteiger partial charge < -0.3 is 43.8 Å². The lowest BCUT2D eigenvalue weighted by atomic mass is 9.55. The average Bonchev–Trinajstić information content (AvgIpc) is 3.33. The molecule has 3 aliphatic rings. The van der Waals surface area contributed by atoms with E-state index >= 15 is 0 Å². The lowest BCUT2D eigenvalue weighted by molar-refractivity contribution is -0.256. The van der Waals surface area contributed by atoms with Crippen LogP contribution in [0.4, 0.5) is 4.79 Å². The molecule has 13 heteroatoms. The Morgan fingerprint density at radius 2 is 1.57 bits per heavy atom. The summed E-state index contributed by atoms with van der Waals surface area (Å²) in [5.74, 6) is -0.591. The zero-order valence-electron chi connectivity index (χ0n) is 41.5. The second kappa shape index (κ2) is 28.4. The Kier molecular flexibility index (Phi) is 22.8. The number of aldehydes is 1. The zero-order chi connectivity index (χ0) is 48.8. The predicted molar refractivity (Wildman–Crippen MR) is 266 cm³/mol. The van der Waals surface area contributed by atoms with E-state index in [9.17, 15) is 24.9 Å². The van der Waals surface area contributed by atoms with Crippen LogP contribution < -0.4 is 9.47 Å². The summed E-state index contributed by atoms with van der Waals surface area (Å²) >= 11 is 0. The number of aliphatic hydroxyl groups is 3. The van der Waals surface area contributed by atoms with E-state index in [1.807, 2.05) is 45.0 Å². The fourth-order valence-electron chi connectivity index (χ4n) is 10.2. The molecule has 0 bridgehead atoms. The first-order valence-electron chi connectivity index (χ1n) is 25.7. The fourth-order valence-corrected chi connectivity index (χ4v) is 10.2. The highest BCUT2D eigenvalue weighted by Gasteiger charge is 2.65. The van der Waals surface area contributed by atoms with Crippen LogP contribution in [0.2, 0.25) is 0 Å². The van der Waals surface area contributed by atoms with Crippen molar-refractivity contribution in [2.75, 3.05) is 52.8 Å². The average molecular weight is 947 g/mol. The normalized spacial score (nSPS) is 22.4. The molecule has 3 N–H and O–H groups in total. The number of aliphatic hydroxyl groups excluding tert-OH is 3. The molecule has 1 aliphatic heterocycles. The van der Waals surface area contributed by atoms with Gasteiger partial charge in [-0.3, -0.25) is 9.69 Å². The fraction of sp³-hybridized carbons (Fsp3) is 0.655.